The van der Waals surface area contributed by atoms with E-state index in [1.165, 1.54) is 0 Å². The summed E-state index contributed by atoms with van der Waals surface area (Å²) in [5, 5.41) is 26.2. The first kappa shape index (κ1) is 30.6. The van der Waals surface area contributed by atoms with E-state index in [0.29, 0.717) is 6.42 Å². The number of rotatable bonds is 15. The van der Waals surface area contributed by atoms with Crippen molar-refractivity contribution in [1.29, 1.82) is 0 Å². The summed E-state index contributed by atoms with van der Waals surface area (Å²) >= 11 is 0. The van der Waals surface area contributed by atoms with Crippen LogP contribution in [0, 0.1) is 11.8 Å². The van der Waals surface area contributed by atoms with Crippen molar-refractivity contribution in [2.75, 3.05) is 0 Å². The number of carboxylic acids is 2. The molecule has 1 rings (SSSR count). The minimum absolute atomic E-state index is 0.0147. The molecular formula is C25H38N4O7. The van der Waals surface area contributed by atoms with Gasteiger partial charge in [-0.25, -0.2) is 4.79 Å². The van der Waals surface area contributed by atoms with Crippen LogP contribution in [-0.4, -0.2) is 64.0 Å². The van der Waals surface area contributed by atoms with Crippen molar-refractivity contribution in [3.05, 3.63) is 35.9 Å². The zero-order valence-electron chi connectivity index (χ0n) is 21.2. The largest absolute Gasteiger partial charge is 0.481 e. The standard InChI is InChI=1S/C25H38N4O7/c1-5-15(4)21(29-22(32)17(26)13-20(30)31)24(34)27-18(11-14(2)3)23(33)28-19(25(35)36)12-16-9-7-6-8-10-16/h6-10,14-15,17-19,21H,5,11-13,26H2,1-4H3,(H,27,34)(H,28,33)(H,29,32)(H,30,31)(H,35,36). The third-order valence-corrected chi connectivity index (χ3v) is 5.76. The number of aliphatic carboxylic acids is 2. The maximum absolute atomic E-state index is 13.2. The lowest BCUT2D eigenvalue weighted by atomic mass is 9.96. The molecule has 0 aromatic heterocycles. The molecule has 0 aliphatic heterocycles. The van der Waals surface area contributed by atoms with E-state index < -0.39 is 60.2 Å². The van der Waals surface area contributed by atoms with Gasteiger partial charge in [0.2, 0.25) is 17.7 Å². The number of hydrogen-bond donors (Lipinski definition) is 6. The summed E-state index contributed by atoms with van der Waals surface area (Å²) in [5.74, 6) is -4.92. The van der Waals surface area contributed by atoms with Gasteiger partial charge in [0.15, 0.2) is 0 Å². The molecule has 0 saturated heterocycles. The molecule has 0 aliphatic carbocycles. The molecule has 0 saturated carbocycles. The van der Waals surface area contributed by atoms with Gasteiger partial charge in [-0.05, 0) is 23.8 Å². The fourth-order valence-electron chi connectivity index (χ4n) is 3.53. The van der Waals surface area contributed by atoms with E-state index in [-0.39, 0.29) is 24.7 Å². The van der Waals surface area contributed by atoms with Crippen LogP contribution >= 0.6 is 0 Å². The number of carbonyl (C=O) groups excluding carboxylic acids is 3. The Morgan fingerprint density at radius 2 is 1.44 bits per heavy atom. The minimum atomic E-state index is -1.34. The lowest BCUT2D eigenvalue weighted by molar-refractivity contribution is -0.142. The molecule has 1 aromatic rings. The second kappa shape index (κ2) is 14.8. The van der Waals surface area contributed by atoms with Crippen LogP contribution in [0.5, 0.6) is 0 Å². The normalized spacial score (nSPS) is 15.2. The lowest BCUT2D eigenvalue weighted by Gasteiger charge is -2.28. The van der Waals surface area contributed by atoms with Gasteiger partial charge >= 0.3 is 11.9 Å². The van der Waals surface area contributed by atoms with Crippen LogP contribution in [0.4, 0.5) is 0 Å². The number of carboxylic acid groups (broad SMARTS) is 2. The predicted molar refractivity (Wildman–Crippen MR) is 133 cm³/mol. The topological polar surface area (TPSA) is 188 Å². The van der Waals surface area contributed by atoms with Gasteiger partial charge in [-0.1, -0.05) is 64.4 Å². The summed E-state index contributed by atoms with van der Waals surface area (Å²) in [7, 11) is 0. The van der Waals surface area contributed by atoms with Crippen LogP contribution in [0.3, 0.4) is 0 Å². The molecule has 11 heteroatoms. The molecule has 0 spiro atoms. The van der Waals surface area contributed by atoms with Gasteiger partial charge in [0.1, 0.15) is 18.1 Å². The van der Waals surface area contributed by atoms with E-state index in [1.807, 2.05) is 20.8 Å². The van der Waals surface area contributed by atoms with Crippen molar-refractivity contribution in [3.63, 3.8) is 0 Å². The number of hydrogen-bond acceptors (Lipinski definition) is 6. The van der Waals surface area contributed by atoms with Gasteiger partial charge in [-0.2, -0.15) is 0 Å². The molecule has 5 atom stereocenters. The molecule has 0 radical (unpaired) electrons. The fourth-order valence-corrected chi connectivity index (χ4v) is 3.53. The average Bonchev–Trinajstić information content (AvgIpc) is 2.80. The van der Waals surface area contributed by atoms with Crippen molar-refractivity contribution >= 4 is 29.7 Å². The van der Waals surface area contributed by atoms with Crippen LogP contribution in [0.25, 0.3) is 0 Å². The molecule has 11 nitrogen and oxygen atoms in total. The summed E-state index contributed by atoms with van der Waals surface area (Å²) in [5.41, 5.74) is 6.35. The quantitative estimate of drug-likeness (QED) is 0.200. The monoisotopic (exact) mass is 506 g/mol. The Morgan fingerprint density at radius 1 is 0.861 bits per heavy atom. The van der Waals surface area contributed by atoms with Crippen LogP contribution in [0.2, 0.25) is 0 Å². The first-order chi connectivity index (χ1) is 16.8. The van der Waals surface area contributed by atoms with Gasteiger partial charge in [0.25, 0.3) is 0 Å². The molecule has 5 unspecified atom stereocenters. The third-order valence-electron chi connectivity index (χ3n) is 5.76. The highest BCUT2D eigenvalue weighted by Gasteiger charge is 2.33. The average molecular weight is 507 g/mol. The molecule has 200 valence electrons. The molecule has 36 heavy (non-hydrogen) atoms. The van der Waals surface area contributed by atoms with Crippen LogP contribution < -0.4 is 21.7 Å². The Hall–Kier alpha value is -3.47. The number of nitrogens with two attached hydrogens (primary N) is 1. The Balaban J connectivity index is 3.03. The highest BCUT2D eigenvalue weighted by atomic mass is 16.4. The van der Waals surface area contributed by atoms with Gasteiger partial charge in [0, 0.05) is 6.42 Å². The number of amides is 3. The fraction of sp³-hybridized carbons (Fsp3) is 0.560. The second-order valence-electron chi connectivity index (χ2n) is 9.36. The van der Waals surface area contributed by atoms with Crippen LogP contribution in [0.1, 0.15) is 52.5 Å². The summed E-state index contributed by atoms with van der Waals surface area (Å²) in [6, 6.07) is 4.18. The SMILES string of the molecule is CCC(C)C(NC(=O)C(N)CC(=O)O)C(=O)NC(CC(C)C)C(=O)NC(Cc1ccccc1)C(=O)O. The Kier molecular flexibility index (Phi) is 12.6. The van der Waals surface area contributed by atoms with E-state index in [1.54, 1.807) is 37.3 Å². The summed E-state index contributed by atoms with van der Waals surface area (Å²) in [6.45, 7) is 7.24. The third kappa shape index (κ3) is 10.4. The van der Waals surface area contributed by atoms with Gasteiger partial charge in [0.05, 0.1) is 12.5 Å². The molecule has 0 bridgehead atoms. The van der Waals surface area contributed by atoms with Crippen molar-refractivity contribution in [3.8, 4) is 0 Å². The Labute approximate surface area is 211 Å². The smallest absolute Gasteiger partial charge is 0.326 e. The Bertz CT molecular complexity index is 907. The summed E-state index contributed by atoms with van der Waals surface area (Å²) in [6.07, 6.45) is 0.203. The van der Waals surface area contributed by atoms with Crippen LogP contribution in [-0.2, 0) is 30.4 Å². The highest BCUT2D eigenvalue weighted by molar-refractivity contribution is 5.94. The summed E-state index contributed by atoms with van der Waals surface area (Å²) < 4.78 is 0. The number of carbonyl (C=O) groups is 5. The first-order valence-electron chi connectivity index (χ1n) is 12.0. The van der Waals surface area contributed by atoms with E-state index in [2.05, 4.69) is 16.0 Å². The van der Waals surface area contributed by atoms with Gasteiger partial charge in [-0.3, -0.25) is 19.2 Å². The van der Waals surface area contributed by atoms with E-state index in [0.717, 1.165) is 5.56 Å². The van der Waals surface area contributed by atoms with E-state index in [4.69, 9.17) is 10.8 Å². The molecule has 0 aliphatic rings. The van der Waals surface area contributed by atoms with Crippen molar-refractivity contribution in [1.82, 2.24) is 16.0 Å². The maximum Gasteiger partial charge on any atom is 0.326 e. The zero-order valence-corrected chi connectivity index (χ0v) is 21.2. The zero-order chi connectivity index (χ0) is 27.4. The molecule has 0 fully saturated rings. The maximum atomic E-state index is 13.2. The Morgan fingerprint density at radius 3 is 1.94 bits per heavy atom. The van der Waals surface area contributed by atoms with E-state index in [9.17, 15) is 29.1 Å². The van der Waals surface area contributed by atoms with Crippen molar-refractivity contribution in [2.24, 2.45) is 17.6 Å². The van der Waals surface area contributed by atoms with E-state index >= 15 is 0 Å². The second-order valence-corrected chi connectivity index (χ2v) is 9.36. The van der Waals surface area contributed by atoms with Crippen LogP contribution in [0.15, 0.2) is 30.3 Å². The molecule has 1 aromatic carbocycles. The summed E-state index contributed by atoms with van der Waals surface area (Å²) in [4.78, 5) is 61.3. The molecular weight excluding hydrogens is 468 g/mol. The van der Waals surface area contributed by atoms with Gasteiger partial charge in [-0.15, -0.1) is 0 Å². The lowest BCUT2D eigenvalue weighted by Crippen LogP contribution is -2.59. The number of nitrogens with one attached hydrogen (secondary N) is 3. The van der Waals surface area contributed by atoms with Crippen molar-refractivity contribution in [2.45, 2.75) is 77.5 Å². The minimum Gasteiger partial charge on any atom is -0.481 e. The van der Waals surface area contributed by atoms with Gasteiger partial charge < -0.3 is 31.9 Å². The molecule has 7 N–H and O–H groups in total. The van der Waals surface area contributed by atoms with Crippen molar-refractivity contribution < 1.29 is 34.2 Å². The number of benzene rings is 1. The highest BCUT2D eigenvalue weighted by Crippen LogP contribution is 2.12. The first-order valence-corrected chi connectivity index (χ1v) is 12.0. The predicted octanol–water partition coefficient (Wildman–Crippen LogP) is 0.662. The molecule has 0 heterocycles. The molecule has 3 amide bonds.